The summed E-state index contributed by atoms with van der Waals surface area (Å²) in [6.07, 6.45) is 3.05. The van der Waals surface area contributed by atoms with Crippen LogP contribution in [-0.4, -0.2) is 52.3 Å². The number of hydrogen-bond acceptors (Lipinski definition) is 5. The predicted molar refractivity (Wildman–Crippen MR) is 96.9 cm³/mol. The second-order valence-corrected chi connectivity index (χ2v) is 6.64. The first-order valence-electron chi connectivity index (χ1n) is 8.74. The van der Waals surface area contributed by atoms with Gasteiger partial charge in [-0.3, -0.25) is 18.8 Å². The molecule has 0 bridgehead atoms. The fraction of sp³-hybridized carbons (Fsp3) is 0.444. The van der Waals surface area contributed by atoms with Crippen molar-refractivity contribution in [3.8, 4) is 0 Å². The molecule has 3 heterocycles. The maximum absolute atomic E-state index is 12.6. The fourth-order valence-corrected chi connectivity index (χ4v) is 3.34. The van der Waals surface area contributed by atoms with Crippen LogP contribution in [0.1, 0.15) is 28.9 Å². The molecule has 1 aliphatic heterocycles. The third-order valence-electron chi connectivity index (χ3n) is 4.79. The summed E-state index contributed by atoms with van der Waals surface area (Å²) >= 11 is 0. The van der Waals surface area contributed by atoms with Gasteiger partial charge in [-0.2, -0.15) is 0 Å². The number of nitrogens with two attached hydrogens (primary N) is 1. The Morgan fingerprint density at radius 3 is 2.96 bits per heavy atom. The zero-order valence-electron chi connectivity index (χ0n) is 14.8. The van der Waals surface area contributed by atoms with Crippen LogP contribution in [-0.2, 0) is 4.79 Å². The van der Waals surface area contributed by atoms with Crippen molar-refractivity contribution in [2.24, 2.45) is 11.7 Å². The van der Waals surface area contributed by atoms with Gasteiger partial charge in [0, 0.05) is 31.5 Å². The number of aromatic nitrogens is 2. The van der Waals surface area contributed by atoms with E-state index in [0.717, 1.165) is 25.1 Å². The van der Waals surface area contributed by atoms with E-state index in [0.29, 0.717) is 25.3 Å². The standard InChI is InChI=1S/C18H23N5O3/c1-12-4-2-6-15-21-10-14(18(26)23(12)15)17(25)20-7-9-22-8-3-5-13(11-22)16(19)24/h2,4,6,10,13H,3,5,7-9,11H2,1H3,(H2,19,24)(H,20,25)/t13-/m0/s1. The van der Waals surface area contributed by atoms with Gasteiger partial charge in [-0.25, -0.2) is 4.98 Å². The van der Waals surface area contributed by atoms with E-state index in [1.165, 1.54) is 10.6 Å². The molecular formula is C18H23N5O3. The average Bonchev–Trinajstić information content (AvgIpc) is 2.62. The van der Waals surface area contributed by atoms with Crippen LogP contribution in [0.4, 0.5) is 0 Å². The number of rotatable bonds is 5. The van der Waals surface area contributed by atoms with E-state index in [1.807, 2.05) is 6.07 Å². The van der Waals surface area contributed by atoms with Gasteiger partial charge in [-0.05, 0) is 38.4 Å². The van der Waals surface area contributed by atoms with Gasteiger partial charge in [-0.15, -0.1) is 0 Å². The normalized spacial score (nSPS) is 18.0. The number of hydrogen-bond donors (Lipinski definition) is 2. The van der Waals surface area contributed by atoms with Crippen molar-refractivity contribution in [1.29, 1.82) is 0 Å². The van der Waals surface area contributed by atoms with Crippen LogP contribution in [0.15, 0.2) is 29.2 Å². The van der Waals surface area contributed by atoms with Gasteiger partial charge >= 0.3 is 0 Å². The second kappa shape index (κ2) is 7.65. The summed E-state index contributed by atoms with van der Waals surface area (Å²) < 4.78 is 1.43. The van der Waals surface area contributed by atoms with Gasteiger partial charge < -0.3 is 16.0 Å². The smallest absolute Gasteiger partial charge is 0.270 e. The molecule has 2 amide bonds. The third kappa shape index (κ3) is 3.75. The van der Waals surface area contributed by atoms with Gasteiger partial charge in [0.2, 0.25) is 5.91 Å². The topological polar surface area (TPSA) is 110 Å². The first-order valence-corrected chi connectivity index (χ1v) is 8.74. The lowest BCUT2D eigenvalue weighted by atomic mass is 9.97. The number of carbonyl (C=O) groups excluding carboxylic acids is 2. The number of aryl methyl sites for hydroxylation is 1. The zero-order chi connectivity index (χ0) is 18.7. The van der Waals surface area contributed by atoms with Gasteiger partial charge in [0.05, 0.1) is 5.92 Å². The molecule has 1 fully saturated rings. The summed E-state index contributed by atoms with van der Waals surface area (Å²) in [5.74, 6) is -0.843. The van der Waals surface area contributed by atoms with E-state index < -0.39 is 5.91 Å². The van der Waals surface area contributed by atoms with Crippen LogP contribution in [0.5, 0.6) is 0 Å². The first kappa shape index (κ1) is 18.1. The van der Waals surface area contributed by atoms with Gasteiger partial charge in [-0.1, -0.05) is 6.07 Å². The molecule has 8 nitrogen and oxygen atoms in total. The molecule has 1 atom stereocenters. The molecule has 0 aromatic carbocycles. The van der Waals surface area contributed by atoms with E-state index in [1.54, 1.807) is 19.1 Å². The molecule has 0 saturated carbocycles. The Balaban J connectivity index is 1.63. The molecule has 26 heavy (non-hydrogen) atoms. The summed E-state index contributed by atoms with van der Waals surface area (Å²) in [7, 11) is 0. The maximum Gasteiger partial charge on any atom is 0.270 e. The molecule has 0 aliphatic carbocycles. The third-order valence-corrected chi connectivity index (χ3v) is 4.79. The Hall–Kier alpha value is -2.74. The summed E-state index contributed by atoms with van der Waals surface area (Å²) in [6, 6.07) is 5.33. The lowest BCUT2D eigenvalue weighted by Gasteiger charge is -2.31. The average molecular weight is 357 g/mol. The van der Waals surface area contributed by atoms with Crippen LogP contribution in [0.25, 0.3) is 5.65 Å². The van der Waals surface area contributed by atoms with Crippen LogP contribution in [0, 0.1) is 12.8 Å². The lowest BCUT2D eigenvalue weighted by molar-refractivity contribution is -0.123. The van der Waals surface area contributed by atoms with Crippen molar-refractivity contribution in [1.82, 2.24) is 19.6 Å². The molecule has 0 spiro atoms. The van der Waals surface area contributed by atoms with Gasteiger partial charge in [0.1, 0.15) is 11.2 Å². The van der Waals surface area contributed by atoms with Crippen molar-refractivity contribution in [3.05, 3.63) is 46.0 Å². The number of carbonyl (C=O) groups is 2. The van der Waals surface area contributed by atoms with E-state index in [2.05, 4.69) is 15.2 Å². The van der Waals surface area contributed by atoms with Crippen molar-refractivity contribution < 1.29 is 9.59 Å². The molecule has 1 aliphatic rings. The van der Waals surface area contributed by atoms with E-state index >= 15 is 0 Å². The first-order chi connectivity index (χ1) is 12.5. The van der Waals surface area contributed by atoms with Gasteiger partial charge in [0.15, 0.2) is 0 Å². The summed E-state index contributed by atoms with van der Waals surface area (Å²) in [4.78, 5) is 42.6. The van der Waals surface area contributed by atoms with E-state index in [-0.39, 0.29) is 22.9 Å². The molecule has 3 rings (SSSR count). The Labute approximate surface area is 151 Å². The van der Waals surface area contributed by atoms with Crippen LogP contribution in [0.2, 0.25) is 0 Å². The Morgan fingerprint density at radius 2 is 2.19 bits per heavy atom. The number of nitrogens with zero attached hydrogens (tertiary/aromatic N) is 3. The highest BCUT2D eigenvalue weighted by Crippen LogP contribution is 2.15. The summed E-state index contributed by atoms with van der Waals surface area (Å²) in [5.41, 5.74) is 6.25. The minimum absolute atomic E-state index is 0.0189. The Morgan fingerprint density at radius 1 is 1.38 bits per heavy atom. The molecule has 0 unspecified atom stereocenters. The zero-order valence-corrected chi connectivity index (χ0v) is 14.8. The number of pyridine rings is 1. The summed E-state index contributed by atoms with van der Waals surface area (Å²) in [6.45, 7) is 4.28. The van der Waals surface area contributed by atoms with Crippen molar-refractivity contribution in [2.75, 3.05) is 26.2 Å². The highest BCUT2D eigenvalue weighted by atomic mass is 16.2. The van der Waals surface area contributed by atoms with E-state index in [4.69, 9.17) is 5.73 Å². The number of likely N-dealkylation sites (tertiary alicyclic amines) is 1. The van der Waals surface area contributed by atoms with E-state index in [9.17, 15) is 14.4 Å². The maximum atomic E-state index is 12.6. The molecule has 1 saturated heterocycles. The Kier molecular flexibility index (Phi) is 5.32. The Bertz CT molecular complexity index is 892. The number of nitrogens with one attached hydrogen (secondary N) is 1. The largest absolute Gasteiger partial charge is 0.369 e. The van der Waals surface area contributed by atoms with Crippen LogP contribution in [0.3, 0.4) is 0 Å². The number of piperidine rings is 1. The molecule has 8 heteroatoms. The van der Waals surface area contributed by atoms with Gasteiger partial charge in [0.25, 0.3) is 11.5 Å². The minimum atomic E-state index is -0.441. The minimum Gasteiger partial charge on any atom is -0.369 e. The highest BCUT2D eigenvalue weighted by molar-refractivity contribution is 5.93. The molecule has 3 N–H and O–H groups in total. The van der Waals surface area contributed by atoms with Crippen molar-refractivity contribution >= 4 is 17.5 Å². The molecule has 2 aromatic heterocycles. The quantitative estimate of drug-likeness (QED) is 0.778. The lowest BCUT2D eigenvalue weighted by Crippen LogP contribution is -2.44. The number of fused-ring (bicyclic) bond motifs is 1. The van der Waals surface area contributed by atoms with Crippen LogP contribution >= 0.6 is 0 Å². The van der Waals surface area contributed by atoms with Crippen molar-refractivity contribution in [2.45, 2.75) is 19.8 Å². The second-order valence-electron chi connectivity index (χ2n) is 6.64. The molecule has 0 radical (unpaired) electrons. The van der Waals surface area contributed by atoms with Crippen LogP contribution < -0.4 is 16.6 Å². The number of primary amides is 1. The summed E-state index contributed by atoms with van der Waals surface area (Å²) in [5, 5.41) is 2.77. The monoisotopic (exact) mass is 357 g/mol. The molecule has 138 valence electrons. The number of amides is 2. The fourth-order valence-electron chi connectivity index (χ4n) is 3.34. The molecule has 2 aromatic rings. The van der Waals surface area contributed by atoms with Crippen molar-refractivity contribution in [3.63, 3.8) is 0 Å². The molecular weight excluding hydrogens is 334 g/mol. The predicted octanol–water partition coefficient (Wildman–Crippen LogP) is -0.0700. The highest BCUT2D eigenvalue weighted by Gasteiger charge is 2.23. The SMILES string of the molecule is Cc1cccc2ncc(C(=O)NCCN3CCC[C@H](C(N)=O)C3)c(=O)n12.